The van der Waals surface area contributed by atoms with E-state index in [4.69, 9.17) is 4.42 Å². The predicted molar refractivity (Wildman–Crippen MR) is 189 cm³/mol. The SMILES string of the molecule is CC1(C)c2ccccc2-c2c1ccc1c2oc2cc(N(c3ccccc3)c3ccc(-c4ccc5ccccc5c4)cc3)ccc21. The second-order valence-electron chi connectivity index (χ2n) is 12.6. The van der Waals surface area contributed by atoms with Crippen LogP contribution >= 0.6 is 0 Å². The molecule has 214 valence electrons. The first-order chi connectivity index (χ1) is 22.1. The normalized spacial score (nSPS) is 13.3. The zero-order valence-corrected chi connectivity index (χ0v) is 25.3. The highest BCUT2D eigenvalue weighted by Gasteiger charge is 2.37. The molecule has 1 aliphatic carbocycles. The van der Waals surface area contributed by atoms with Crippen LogP contribution < -0.4 is 4.90 Å². The van der Waals surface area contributed by atoms with Gasteiger partial charge in [0.25, 0.3) is 0 Å². The van der Waals surface area contributed by atoms with Crippen molar-refractivity contribution in [1.29, 1.82) is 0 Å². The van der Waals surface area contributed by atoms with Gasteiger partial charge in [-0.25, -0.2) is 0 Å². The molecular weight excluding hydrogens is 546 g/mol. The Kier molecular flexibility index (Phi) is 5.58. The molecule has 1 aliphatic rings. The monoisotopic (exact) mass is 577 g/mol. The highest BCUT2D eigenvalue weighted by atomic mass is 16.3. The summed E-state index contributed by atoms with van der Waals surface area (Å²) in [7, 11) is 0. The van der Waals surface area contributed by atoms with E-state index in [-0.39, 0.29) is 5.41 Å². The van der Waals surface area contributed by atoms with Crippen LogP contribution in [-0.2, 0) is 5.41 Å². The van der Waals surface area contributed by atoms with E-state index in [1.54, 1.807) is 0 Å². The standard InChI is InChI=1S/C43H31NO/c1-43(2)38-15-9-8-14-37(38)41-39(43)25-24-36-35-23-22-34(27-40(35)45-42(36)41)44(32-12-4-3-5-13-32)33-20-18-29(19-21-33)31-17-16-28-10-6-7-11-30(28)26-31/h3-27H,1-2H3. The Morgan fingerprint density at radius 1 is 0.489 bits per heavy atom. The second-order valence-corrected chi connectivity index (χ2v) is 12.6. The molecule has 0 bridgehead atoms. The summed E-state index contributed by atoms with van der Waals surface area (Å²) >= 11 is 0. The third kappa shape index (κ3) is 3.96. The summed E-state index contributed by atoms with van der Waals surface area (Å²) in [5, 5.41) is 4.81. The number of hydrogen-bond donors (Lipinski definition) is 0. The van der Waals surface area contributed by atoms with Crippen LogP contribution in [0.4, 0.5) is 17.1 Å². The first-order valence-corrected chi connectivity index (χ1v) is 15.6. The highest BCUT2D eigenvalue weighted by molar-refractivity contribution is 6.12. The molecule has 2 nitrogen and oxygen atoms in total. The van der Waals surface area contributed by atoms with Gasteiger partial charge in [0.15, 0.2) is 0 Å². The third-order valence-corrected chi connectivity index (χ3v) is 9.65. The molecule has 9 rings (SSSR count). The predicted octanol–water partition coefficient (Wildman–Crippen LogP) is 12.2. The lowest BCUT2D eigenvalue weighted by Crippen LogP contribution is -2.14. The third-order valence-electron chi connectivity index (χ3n) is 9.65. The quantitative estimate of drug-likeness (QED) is 0.207. The molecule has 0 saturated heterocycles. The van der Waals surface area contributed by atoms with Crippen molar-refractivity contribution in [2.24, 2.45) is 0 Å². The zero-order chi connectivity index (χ0) is 30.1. The minimum atomic E-state index is -0.0621. The minimum Gasteiger partial charge on any atom is -0.455 e. The Bertz CT molecular complexity index is 2400. The van der Waals surface area contributed by atoms with Crippen LogP contribution in [0.15, 0.2) is 156 Å². The van der Waals surface area contributed by atoms with E-state index in [2.05, 4.69) is 170 Å². The Morgan fingerprint density at radius 2 is 1.16 bits per heavy atom. The van der Waals surface area contributed by atoms with E-state index in [1.807, 2.05) is 0 Å². The average molecular weight is 578 g/mol. The summed E-state index contributed by atoms with van der Waals surface area (Å²) in [5.41, 5.74) is 12.7. The van der Waals surface area contributed by atoms with Gasteiger partial charge in [0, 0.05) is 44.9 Å². The molecule has 0 spiro atoms. The van der Waals surface area contributed by atoms with Gasteiger partial charge in [-0.15, -0.1) is 0 Å². The van der Waals surface area contributed by atoms with Crippen molar-refractivity contribution in [3.63, 3.8) is 0 Å². The van der Waals surface area contributed by atoms with Gasteiger partial charge < -0.3 is 9.32 Å². The van der Waals surface area contributed by atoms with Crippen molar-refractivity contribution >= 4 is 49.8 Å². The van der Waals surface area contributed by atoms with Gasteiger partial charge in [-0.05, 0) is 81.1 Å². The number of anilines is 3. The molecule has 0 radical (unpaired) electrons. The molecule has 1 aromatic heterocycles. The van der Waals surface area contributed by atoms with Gasteiger partial charge in [0.2, 0.25) is 0 Å². The Labute approximate surface area is 262 Å². The molecule has 7 aromatic carbocycles. The molecule has 45 heavy (non-hydrogen) atoms. The fourth-order valence-electron chi connectivity index (χ4n) is 7.34. The van der Waals surface area contributed by atoms with Crippen LogP contribution in [0.3, 0.4) is 0 Å². The number of fused-ring (bicyclic) bond motifs is 8. The Morgan fingerprint density at radius 3 is 2.00 bits per heavy atom. The summed E-state index contributed by atoms with van der Waals surface area (Å²) < 4.78 is 6.79. The van der Waals surface area contributed by atoms with Gasteiger partial charge in [0.1, 0.15) is 11.2 Å². The first-order valence-electron chi connectivity index (χ1n) is 15.6. The molecule has 0 unspecified atom stereocenters. The summed E-state index contributed by atoms with van der Waals surface area (Å²) in [4.78, 5) is 2.31. The van der Waals surface area contributed by atoms with Gasteiger partial charge in [-0.2, -0.15) is 0 Å². The van der Waals surface area contributed by atoms with Crippen molar-refractivity contribution in [3.05, 3.63) is 163 Å². The maximum absolute atomic E-state index is 6.79. The van der Waals surface area contributed by atoms with E-state index in [0.717, 1.165) is 39.0 Å². The summed E-state index contributed by atoms with van der Waals surface area (Å²) in [6.45, 7) is 4.63. The first kappa shape index (κ1) is 25.9. The molecule has 0 amide bonds. The summed E-state index contributed by atoms with van der Waals surface area (Å²) in [6, 6.07) is 54.6. The van der Waals surface area contributed by atoms with Crippen LogP contribution in [0.5, 0.6) is 0 Å². The largest absolute Gasteiger partial charge is 0.455 e. The Balaban J connectivity index is 1.17. The highest BCUT2D eigenvalue weighted by Crippen LogP contribution is 2.52. The molecule has 0 N–H and O–H groups in total. The van der Waals surface area contributed by atoms with Crippen LogP contribution in [0, 0.1) is 0 Å². The van der Waals surface area contributed by atoms with E-state index >= 15 is 0 Å². The maximum atomic E-state index is 6.79. The van der Waals surface area contributed by atoms with Crippen LogP contribution in [-0.4, -0.2) is 0 Å². The lowest BCUT2D eigenvalue weighted by Gasteiger charge is -2.25. The fraction of sp³-hybridized carbons (Fsp3) is 0.0698. The van der Waals surface area contributed by atoms with E-state index in [0.29, 0.717) is 0 Å². The van der Waals surface area contributed by atoms with Gasteiger partial charge >= 0.3 is 0 Å². The van der Waals surface area contributed by atoms with Gasteiger partial charge in [-0.1, -0.05) is 117 Å². The van der Waals surface area contributed by atoms with Crippen molar-refractivity contribution in [3.8, 4) is 22.3 Å². The van der Waals surface area contributed by atoms with Crippen LogP contribution in [0.2, 0.25) is 0 Å². The minimum absolute atomic E-state index is 0.0621. The van der Waals surface area contributed by atoms with Crippen LogP contribution in [0.25, 0.3) is 55.0 Å². The molecule has 1 heterocycles. The number of hydrogen-bond acceptors (Lipinski definition) is 2. The molecule has 8 aromatic rings. The summed E-state index contributed by atoms with van der Waals surface area (Å²) in [5.74, 6) is 0. The second kappa shape index (κ2) is 9.70. The lowest BCUT2D eigenvalue weighted by atomic mass is 9.82. The van der Waals surface area contributed by atoms with E-state index < -0.39 is 0 Å². The molecule has 0 fully saturated rings. The number of benzene rings is 7. The molecule has 0 aliphatic heterocycles. The van der Waals surface area contributed by atoms with E-state index in [9.17, 15) is 0 Å². The molecule has 0 saturated carbocycles. The van der Waals surface area contributed by atoms with Crippen molar-refractivity contribution in [1.82, 2.24) is 0 Å². The van der Waals surface area contributed by atoms with Crippen molar-refractivity contribution in [2.75, 3.05) is 4.90 Å². The van der Waals surface area contributed by atoms with Crippen LogP contribution in [0.1, 0.15) is 25.0 Å². The fourth-order valence-corrected chi connectivity index (χ4v) is 7.34. The Hall–Kier alpha value is -5.60. The van der Waals surface area contributed by atoms with Gasteiger partial charge in [0.05, 0.1) is 0 Å². The number of para-hydroxylation sites is 1. The number of nitrogens with zero attached hydrogens (tertiary/aromatic N) is 1. The summed E-state index contributed by atoms with van der Waals surface area (Å²) in [6.07, 6.45) is 0. The van der Waals surface area contributed by atoms with E-state index in [1.165, 1.54) is 44.2 Å². The van der Waals surface area contributed by atoms with Crippen molar-refractivity contribution < 1.29 is 4.42 Å². The lowest BCUT2D eigenvalue weighted by molar-refractivity contribution is 0.653. The number of rotatable bonds is 4. The average Bonchev–Trinajstić information content (AvgIpc) is 3.57. The van der Waals surface area contributed by atoms with Gasteiger partial charge in [-0.3, -0.25) is 0 Å². The number of furan rings is 1. The molecule has 2 heteroatoms. The zero-order valence-electron chi connectivity index (χ0n) is 25.3. The maximum Gasteiger partial charge on any atom is 0.143 e. The molecular formula is C43H31NO. The topological polar surface area (TPSA) is 16.4 Å². The smallest absolute Gasteiger partial charge is 0.143 e. The van der Waals surface area contributed by atoms with Crippen molar-refractivity contribution in [2.45, 2.75) is 19.3 Å². The molecule has 0 atom stereocenters.